The number of fused-ring (bicyclic) bond motifs is 2. The Morgan fingerprint density at radius 1 is 1.10 bits per heavy atom. The van der Waals surface area contributed by atoms with Crippen LogP contribution in [-0.2, 0) is 4.79 Å². The van der Waals surface area contributed by atoms with Crippen LogP contribution in [-0.4, -0.2) is 61.9 Å². The molecule has 0 bridgehead atoms. The zero-order valence-corrected chi connectivity index (χ0v) is 19.5. The molecule has 0 spiro atoms. The molecule has 2 heterocycles. The van der Waals surface area contributed by atoms with Gasteiger partial charge >= 0.3 is 0 Å². The lowest BCUT2D eigenvalue weighted by atomic mass is 10.3. The second-order valence-corrected chi connectivity index (χ2v) is 9.75. The number of benzene rings is 2. The van der Waals surface area contributed by atoms with Crippen molar-refractivity contribution in [3.63, 3.8) is 0 Å². The van der Waals surface area contributed by atoms with Crippen molar-refractivity contribution in [2.75, 3.05) is 51.1 Å². The van der Waals surface area contributed by atoms with Gasteiger partial charge in [-0.2, -0.15) is 0 Å². The van der Waals surface area contributed by atoms with E-state index < -0.39 is 0 Å². The molecule has 3 aromatic rings. The van der Waals surface area contributed by atoms with Gasteiger partial charge in [-0.05, 0) is 39.2 Å². The number of hydrogen-bond donors (Lipinski definition) is 0. The fourth-order valence-electron chi connectivity index (χ4n) is 3.35. The Balaban J connectivity index is 1.50. The third kappa shape index (κ3) is 5.70. The first-order valence-corrected chi connectivity index (χ1v) is 12.2. The van der Waals surface area contributed by atoms with E-state index in [0.29, 0.717) is 26.2 Å². The van der Waals surface area contributed by atoms with Crippen molar-refractivity contribution in [3.05, 3.63) is 42.5 Å². The van der Waals surface area contributed by atoms with Crippen LogP contribution in [0, 0.1) is 0 Å². The molecule has 0 saturated carbocycles. The van der Waals surface area contributed by atoms with E-state index in [1.54, 1.807) is 11.8 Å². The summed E-state index contributed by atoms with van der Waals surface area (Å²) in [6.45, 7) is 2.67. The largest absolute Gasteiger partial charge is 0.486 e. The summed E-state index contributed by atoms with van der Waals surface area (Å²) in [5.41, 5.74) is 0.841. The van der Waals surface area contributed by atoms with Gasteiger partial charge in [-0.3, -0.25) is 9.69 Å². The summed E-state index contributed by atoms with van der Waals surface area (Å²) in [7, 11) is 4.09. The van der Waals surface area contributed by atoms with E-state index in [2.05, 4.69) is 17.0 Å². The number of amides is 1. The molecule has 1 aliphatic heterocycles. The maximum absolute atomic E-state index is 13.2. The number of hydrogen-bond acceptors (Lipinski definition) is 7. The van der Waals surface area contributed by atoms with E-state index in [1.165, 1.54) is 16.2 Å². The van der Waals surface area contributed by atoms with Crippen LogP contribution < -0.4 is 14.4 Å². The van der Waals surface area contributed by atoms with E-state index in [0.717, 1.165) is 45.6 Å². The fraction of sp³-hybridized carbons (Fsp3) is 0.391. The molecule has 6 nitrogen and oxygen atoms in total. The average Bonchev–Trinajstić information content (AvgIpc) is 3.17. The molecule has 0 N–H and O–H groups in total. The molecule has 0 radical (unpaired) electrons. The van der Waals surface area contributed by atoms with Gasteiger partial charge in [-0.15, -0.1) is 11.8 Å². The van der Waals surface area contributed by atoms with Crippen molar-refractivity contribution in [2.45, 2.75) is 17.7 Å². The van der Waals surface area contributed by atoms with Crippen molar-refractivity contribution in [1.82, 2.24) is 9.88 Å². The number of thiazole rings is 1. The Labute approximate surface area is 191 Å². The molecule has 8 heteroatoms. The summed E-state index contributed by atoms with van der Waals surface area (Å²) >= 11 is 3.24. The predicted octanol–water partition coefficient (Wildman–Crippen LogP) is 4.53. The summed E-state index contributed by atoms with van der Waals surface area (Å²) in [5, 5.41) is 0.741. The van der Waals surface area contributed by atoms with E-state index >= 15 is 0 Å². The van der Waals surface area contributed by atoms with Gasteiger partial charge in [0.25, 0.3) is 0 Å². The second kappa shape index (κ2) is 10.3. The highest BCUT2D eigenvalue weighted by Gasteiger charge is 2.21. The third-order valence-corrected chi connectivity index (χ3v) is 6.94. The molecule has 1 aromatic heterocycles. The Hall–Kier alpha value is -2.29. The van der Waals surface area contributed by atoms with Crippen LogP contribution in [0.5, 0.6) is 11.5 Å². The summed E-state index contributed by atoms with van der Waals surface area (Å²) in [6.07, 6.45) is 1.36. The normalized spacial score (nSPS) is 13.0. The number of thioether (sulfide) groups is 1. The van der Waals surface area contributed by atoms with Crippen LogP contribution in [0.25, 0.3) is 10.2 Å². The minimum Gasteiger partial charge on any atom is -0.486 e. The van der Waals surface area contributed by atoms with E-state index in [4.69, 9.17) is 14.5 Å². The minimum atomic E-state index is 0.110. The van der Waals surface area contributed by atoms with Crippen LogP contribution in [0.2, 0.25) is 0 Å². The molecule has 2 aromatic carbocycles. The highest BCUT2D eigenvalue weighted by atomic mass is 32.2. The van der Waals surface area contributed by atoms with Gasteiger partial charge in [0, 0.05) is 35.7 Å². The van der Waals surface area contributed by atoms with Crippen molar-refractivity contribution in [2.24, 2.45) is 0 Å². The summed E-state index contributed by atoms with van der Waals surface area (Å²) in [5.74, 6) is 2.33. The van der Waals surface area contributed by atoms with Crippen LogP contribution >= 0.6 is 23.1 Å². The lowest BCUT2D eigenvalue weighted by Gasteiger charge is -2.21. The van der Waals surface area contributed by atoms with E-state index in [-0.39, 0.29) is 5.91 Å². The standard InChI is InChI=1S/C23H27N3O3S2/c1-25(2)10-6-11-26(22(27)9-14-30-17-7-4-3-5-8-17)23-24-18-15-19-20(16-21(18)31-23)29-13-12-28-19/h3-5,7-8,15-16H,6,9-14H2,1-2H3. The number of carbonyl (C=O) groups excluding carboxylic acids is 1. The molecule has 31 heavy (non-hydrogen) atoms. The Morgan fingerprint density at radius 3 is 2.58 bits per heavy atom. The Bertz CT molecular complexity index is 981. The lowest BCUT2D eigenvalue weighted by molar-refractivity contribution is -0.118. The first-order valence-electron chi connectivity index (χ1n) is 10.4. The highest BCUT2D eigenvalue weighted by Crippen LogP contribution is 2.39. The molecule has 0 saturated heterocycles. The van der Waals surface area contributed by atoms with Crippen molar-refractivity contribution < 1.29 is 14.3 Å². The molecule has 4 rings (SSSR count). The molecule has 1 amide bonds. The van der Waals surface area contributed by atoms with Crippen molar-refractivity contribution in [1.29, 1.82) is 0 Å². The minimum absolute atomic E-state index is 0.110. The zero-order chi connectivity index (χ0) is 21.6. The zero-order valence-electron chi connectivity index (χ0n) is 17.9. The number of carbonyl (C=O) groups is 1. The average molecular weight is 458 g/mol. The van der Waals surface area contributed by atoms with Gasteiger partial charge in [-0.1, -0.05) is 29.5 Å². The van der Waals surface area contributed by atoms with Gasteiger partial charge in [0.05, 0.1) is 10.2 Å². The molecule has 0 fully saturated rings. The molecule has 0 atom stereocenters. The number of nitrogens with zero attached hydrogens (tertiary/aromatic N) is 3. The molecular formula is C23H27N3O3S2. The maximum atomic E-state index is 13.2. The maximum Gasteiger partial charge on any atom is 0.229 e. The number of aromatic nitrogens is 1. The fourth-order valence-corrected chi connectivity index (χ4v) is 5.23. The third-order valence-electron chi connectivity index (χ3n) is 4.89. The summed E-state index contributed by atoms with van der Waals surface area (Å²) < 4.78 is 12.4. The first-order chi connectivity index (χ1) is 15.1. The van der Waals surface area contributed by atoms with Gasteiger partial charge in [0.15, 0.2) is 16.6 Å². The summed E-state index contributed by atoms with van der Waals surface area (Å²) in [4.78, 5) is 23.1. The number of ether oxygens (including phenoxy) is 2. The SMILES string of the molecule is CN(C)CCCN(C(=O)CCSc1ccccc1)c1nc2cc3c(cc2s1)OCCO3. The quantitative estimate of drug-likeness (QED) is 0.440. The van der Waals surface area contributed by atoms with Crippen molar-refractivity contribution >= 4 is 44.4 Å². The smallest absolute Gasteiger partial charge is 0.229 e. The lowest BCUT2D eigenvalue weighted by Crippen LogP contribution is -2.33. The molecule has 0 unspecified atom stereocenters. The van der Waals surface area contributed by atoms with Crippen LogP contribution in [0.1, 0.15) is 12.8 Å². The predicted molar refractivity (Wildman–Crippen MR) is 128 cm³/mol. The van der Waals surface area contributed by atoms with Crippen LogP contribution in [0.3, 0.4) is 0 Å². The Morgan fingerprint density at radius 2 is 1.84 bits per heavy atom. The van der Waals surface area contributed by atoms with Gasteiger partial charge in [-0.25, -0.2) is 4.98 Å². The molecular weight excluding hydrogens is 430 g/mol. The highest BCUT2D eigenvalue weighted by molar-refractivity contribution is 7.99. The second-order valence-electron chi connectivity index (χ2n) is 7.57. The van der Waals surface area contributed by atoms with Gasteiger partial charge in [0.1, 0.15) is 13.2 Å². The van der Waals surface area contributed by atoms with Crippen LogP contribution in [0.4, 0.5) is 5.13 Å². The molecule has 164 valence electrons. The monoisotopic (exact) mass is 457 g/mol. The van der Waals surface area contributed by atoms with Crippen LogP contribution in [0.15, 0.2) is 47.4 Å². The number of anilines is 1. The van der Waals surface area contributed by atoms with Gasteiger partial charge in [0.2, 0.25) is 5.91 Å². The number of rotatable bonds is 9. The molecule has 1 aliphatic rings. The molecule has 0 aliphatic carbocycles. The van der Waals surface area contributed by atoms with E-state index in [9.17, 15) is 4.79 Å². The van der Waals surface area contributed by atoms with E-state index in [1.807, 2.05) is 49.3 Å². The van der Waals surface area contributed by atoms with Gasteiger partial charge < -0.3 is 14.4 Å². The summed E-state index contributed by atoms with van der Waals surface area (Å²) in [6, 6.07) is 14.1. The Kier molecular flexibility index (Phi) is 7.32. The van der Waals surface area contributed by atoms with Crippen molar-refractivity contribution in [3.8, 4) is 11.5 Å². The first kappa shape index (κ1) is 21.9. The topological polar surface area (TPSA) is 54.9 Å².